The molecule has 9 heteroatoms. The minimum atomic E-state index is -1.31. The molecule has 1 aliphatic heterocycles. The first-order valence-electron chi connectivity index (χ1n) is 5.67. The third-order valence-electron chi connectivity index (χ3n) is 2.57. The van der Waals surface area contributed by atoms with Crippen molar-refractivity contribution in [1.29, 1.82) is 0 Å². The van der Waals surface area contributed by atoms with Crippen LogP contribution in [-0.2, 0) is 14.4 Å². The number of urea groups is 1. The molecule has 0 saturated carbocycles. The van der Waals surface area contributed by atoms with Crippen molar-refractivity contribution in [3.05, 3.63) is 0 Å². The smallest absolute Gasteiger partial charge is 0.326 e. The summed E-state index contributed by atoms with van der Waals surface area (Å²) in [5.74, 6) is -2.77. The first-order valence-corrected chi connectivity index (χ1v) is 5.67. The lowest BCUT2D eigenvalue weighted by Crippen LogP contribution is -2.55. The highest BCUT2D eigenvalue weighted by Crippen LogP contribution is 2.01. The maximum Gasteiger partial charge on any atom is 0.326 e. The highest BCUT2D eigenvalue weighted by molar-refractivity contribution is 5.87. The molecule has 1 atom stereocenters. The van der Waals surface area contributed by atoms with Crippen molar-refractivity contribution in [2.45, 2.75) is 18.9 Å². The predicted octanol–water partition coefficient (Wildman–Crippen LogP) is -1.55. The molecule has 1 aliphatic rings. The van der Waals surface area contributed by atoms with Crippen molar-refractivity contribution in [3.8, 4) is 0 Å². The molecule has 3 amide bonds. The van der Waals surface area contributed by atoms with Crippen LogP contribution in [0.15, 0.2) is 0 Å². The van der Waals surface area contributed by atoms with Crippen LogP contribution in [0.25, 0.3) is 0 Å². The first kappa shape index (κ1) is 14.7. The standard InChI is InChI=1S/C10H15N3O6/c14-7-5-13(4-3-11-7)10(19)12-6(9(17)18)1-2-8(15)16/h6H,1-5H2,(H,11,14)(H,12,19)(H,15,16)(H,17,18). The third kappa shape index (κ3) is 4.82. The molecule has 1 saturated heterocycles. The number of nitrogens with one attached hydrogen (secondary N) is 2. The highest BCUT2D eigenvalue weighted by atomic mass is 16.4. The van der Waals surface area contributed by atoms with Gasteiger partial charge in [0.15, 0.2) is 0 Å². The lowest BCUT2D eigenvalue weighted by Gasteiger charge is -2.28. The van der Waals surface area contributed by atoms with Crippen LogP contribution in [-0.4, -0.2) is 64.7 Å². The summed E-state index contributed by atoms with van der Waals surface area (Å²) in [4.78, 5) is 45.3. The molecule has 1 rings (SSSR count). The fourth-order valence-electron chi connectivity index (χ4n) is 1.58. The van der Waals surface area contributed by atoms with Crippen molar-refractivity contribution >= 4 is 23.9 Å². The Morgan fingerprint density at radius 2 is 2.05 bits per heavy atom. The zero-order valence-corrected chi connectivity index (χ0v) is 10.1. The van der Waals surface area contributed by atoms with E-state index in [-0.39, 0.29) is 31.8 Å². The van der Waals surface area contributed by atoms with Crippen molar-refractivity contribution in [2.75, 3.05) is 19.6 Å². The summed E-state index contributed by atoms with van der Waals surface area (Å²) in [6.45, 7) is 0.444. The summed E-state index contributed by atoms with van der Waals surface area (Å²) in [5, 5.41) is 22.1. The fourth-order valence-corrected chi connectivity index (χ4v) is 1.58. The summed E-state index contributed by atoms with van der Waals surface area (Å²) in [5.41, 5.74) is 0. The van der Waals surface area contributed by atoms with Gasteiger partial charge in [-0.3, -0.25) is 9.59 Å². The molecule has 0 aromatic rings. The Hall–Kier alpha value is -2.32. The molecule has 0 bridgehead atoms. The number of hydrogen-bond donors (Lipinski definition) is 4. The number of amides is 3. The highest BCUT2D eigenvalue weighted by Gasteiger charge is 2.26. The van der Waals surface area contributed by atoms with Crippen LogP contribution < -0.4 is 10.6 Å². The van der Waals surface area contributed by atoms with Crippen LogP contribution in [0.2, 0.25) is 0 Å². The van der Waals surface area contributed by atoms with Gasteiger partial charge in [0.1, 0.15) is 12.6 Å². The summed E-state index contributed by atoms with van der Waals surface area (Å²) in [6.07, 6.45) is -0.575. The Labute approximate surface area is 108 Å². The van der Waals surface area contributed by atoms with Crippen LogP contribution in [0.5, 0.6) is 0 Å². The van der Waals surface area contributed by atoms with Crippen LogP contribution >= 0.6 is 0 Å². The Morgan fingerprint density at radius 3 is 2.58 bits per heavy atom. The van der Waals surface area contributed by atoms with E-state index < -0.39 is 24.0 Å². The van der Waals surface area contributed by atoms with Gasteiger partial charge in [0.2, 0.25) is 5.91 Å². The number of piperazine rings is 1. The third-order valence-corrected chi connectivity index (χ3v) is 2.57. The predicted molar refractivity (Wildman–Crippen MR) is 61.4 cm³/mol. The van der Waals surface area contributed by atoms with Gasteiger partial charge >= 0.3 is 18.0 Å². The average molecular weight is 273 g/mol. The number of carboxylic acids is 2. The number of carbonyl (C=O) groups is 4. The van der Waals surface area contributed by atoms with Gasteiger partial charge in [-0.15, -0.1) is 0 Å². The summed E-state index contributed by atoms with van der Waals surface area (Å²) >= 11 is 0. The van der Waals surface area contributed by atoms with Gasteiger partial charge in [-0.2, -0.15) is 0 Å². The zero-order valence-electron chi connectivity index (χ0n) is 10.1. The SMILES string of the molecule is O=C(O)CCC(NC(=O)N1CCNC(=O)C1)C(=O)O. The second kappa shape index (κ2) is 6.57. The van der Waals surface area contributed by atoms with Gasteiger partial charge in [-0.25, -0.2) is 9.59 Å². The largest absolute Gasteiger partial charge is 0.481 e. The van der Waals surface area contributed by atoms with Gasteiger partial charge in [0, 0.05) is 19.5 Å². The van der Waals surface area contributed by atoms with Crippen LogP contribution in [0.4, 0.5) is 4.79 Å². The molecule has 19 heavy (non-hydrogen) atoms. The molecular formula is C10H15N3O6. The van der Waals surface area contributed by atoms with Crippen LogP contribution in [0.1, 0.15) is 12.8 Å². The van der Waals surface area contributed by atoms with E-state index in [9.17, 15) is 19.2 Å². The van der Waals surface area contributed by atoms with Gasteiger partial charge < -0.3 is 25.7 Å². The minimum absolute atomic E-state index is 0.142. The zero-order chi connectivity index (χ0) is 14.4. The summed E-state index contributed by atoms with van der Waals surface area (Å²) < 4.78 is 0. The van der Waals surface area contributed by atoms with Crippen LogP contribution in [0.3, 0.4) is 0 Å². The molecule has 4 N–H and O–H groups in total. The second-order valence-electron chi connectivity index (χ2n) is 4.04. The molecule has 1 heterocycles. The first-order chi connectivity index (χ1) is 8.90. The van der Waals surface area contributed by atoms with Gasteiger partial charge in [0.25, 0.3) is 0 Å². The number of carboxylic acid groups (broad SMARTS) is 2. The molecule has 106 valence electrons. The maximum absolute atomic E-state index is 11.7. The molecule has 9 nitrogen and oxygen atoms in total. The van der Waals surface area contributed by atoms with E-state index in [0.717, 1.165) is 0 Å². The molecule has 1 fully saturated rings. The average Bonchev–Trinajstić information content (AvgIpc) is 2.33. The normalized spacial score (nSPS) is 16.4. The van der Waals surface area contributed by atoms with Crippen molar-refractivity contribution in [2.24, 2.45) is 0 Å². The van der Waals surface area contributed by atoms with E-state index in [1.54, 1.807) is 0 Å². The van der Waals surface area contributed by atoms with Crippen molar-refractivity contribution < 1.29 is 29.4 Å². The molecule has 0 aromatic heterocycles. The van der Waals surface area contributed by atoms with E-state index in [1.807, 2.05) is 0 Å². The lowest BCUT2D eigenvalue weighted by molar-refractivity contribution is -0.140. The number of hydrogen-bond acceptors (Lipinski definition) is 4. The van der Waals surface area contributed by atoms with Crippen molar-refractivity contribution in [1.82, 2.24) is 15.5 Å². The number of carbonyl (C=O) groups excluding carboxylic acids is 2. The lowest BCUT2D eigenvalue weighted by atomic mass is 10.1. The number of rotatable bonds is 5. The van der Waals surface area contributed by atoms with E-state index in [4.69, 9.17) is 10.2 Å². The minimum Gasteiger partial charge on any atom is -0.481 e. The Morgan fingerprint density at radius 1 is 1.37 bits per heavy atom. The quantitative estimate of drug-likeness (QED) is 0.478. The Kier molecular flexibility index (Phi) is 5.10. The Balaban J connectivity index is 2.52. The molecular weight excluding hydrogens is 258 g/mol. The van der Waals surface area contributed by atoms with Gasteiger partial charge in [0.05, 0.1) is 0 Å². The second-order valence-corrected chi connectivity index (χ2v) is 4.04. The van der Waals surface area contributed by atoms with Gasteiger partial charge in [-0.1, -0.05) is 0 Å². The number of nitrogens with zero attached hydrogens (tertiary/aromatic N) is 1. The molecule has 0 radical (unpaired) electrons. The molecule has 0 aromatic carbocycles. The molecule has 1 unspecified atom stereocenters. The van der Waals surface area contributed by atoms with Crippen LogP contribution in [0, 0.1) is 0 Å². The Bertz CT molecular complexity index is 397. The molecule has 0 spiro atoms. The topological polar surface area (TPSA) is 136 Å². The van der Waals surface area contributed by atoms with E-state index in [0.29, 0.717) is 6.54 Å². The maximum atomic E-state index is 11.7. The van der Waals surface area contributed by atoms with E-state index in [2.05, 4.69) is 10.6 Å². The number of aliphatic carboxylic acids is 2. The monoisotopic (exact) mass is 273 g/mol. The summed E-state index contributed by atoms with van der Waals surface area (Å²) in [6, 6.07) is -1.97. The van der Waals surface area contributed by atoms with E-state index >= 15 is 0 Å². The molecule has 0 aliphatic carbocycles. The fraction of sp³-hybridized carbons (Fsp3) is 0.600. The van der Waals surface area contributed by atoms with Gasteiger partial charge in [-0.05, 0) is 6.42 Å². The van der Waals surface area contributed by atoms with E-state index in [1.165, 1.54) is 4.90 Å². The van der Waals surface area contributed by atoms with Crippen molar-refractivity contribution in [3.63, 3.8) is 0 Å². The summed E-state index contributed by atoms with van der Waals surface area (Å²) in [7, 11) is 0.